The lowest BCUT2D eigenvalue weighted by atomic mass is 9.86. The molecular weight excluding hydrogens is 715 g/mol. The van der Waals surface area contributed by atoms with Crippen molar-refractivity contribution in [2.45, 2.75) is 52.4 Å². The summed E-state index contributed by atoms with van der Waals surface area (Å²) in [4.78, 5) is 0. The van der Waals surface area contributed by atoms with Gasteiger partial charge in [0.25, 0.3) is 0 Å². The summed E-state index contributed by atoms with van der Waals surface area (Å²) >= 11 is 0. The third-order valence-corrected chi connectivity index (χ3v) is 12.5. The van der Waals surface area contributed by atoms with Gasteiger partial charge in [0.15, 0.2) is 0 Å². The van der Waals surface area contributed by atoms with Crippen molar-refractivity contribution in [3.8, 4) is 28.2 Å². The van der Waals surface area contributed by atoms with Crippen LogP contribution in [0.2, 0.25) is 0 Å². The highest BCUT2D eigenvalue weighted by molar-refractivity contribution is 6.12. The van der Waals surface area contributed by atoms with E-state index in [0.29, 0.717) is 0 Å². The van der Waals surface area contributed by atoms with Gasteiger partial charge in [0.1, 0.15) is 0 Å². The Labute approximate surface area is 345 Å². The Kier molecular flexibility index (Phi) is 7.68. The Balaban J connectivity index is 1.21. The first-order valence-corrected chi connectivity index (χ1v) is 20.9. The van der Waals surface area contributed by atoms with E-state index in [-0.39, 0.29) is 10.8 Å². The molecule has 0 bridgehead atoms. The summed E-state index contributed by atoms with van der Waals surface area (Å²) < 4.78 is 7.41. The van der Waals surface area contributed by atoms with E-state index in [2.05, 4.69) is 231 Å². The zero-order chi connectivity index (χ0) is 40.2. The summed E-state index contributed by atoms with van der Waals surface area (Å²) in [6.45, 7) is 13.8. The maximum atomic E-state index is 2.49. The van der Waals surface area contributed by atoms with Crippen LogP contribution in [0.4, 0.5) is 0 Å². The average molecular weight is 762 g/mol. The summed E-state index contributed by atoms with van der Waals surface area (Å²) in [5, 5.41) is 7.57. The number of para-hydroxylation sites is 4. The van der Waals surface area contributed by atoms with E-state index in [1.807, 2.05) is 0 Å². The number of benzene rings is 8. The smallest absolute Gasteiger partial charge is 0.0544 e. The van der Waals surface area contributed by atoms with Crippen molar-refractivity contribution in [2.24, 2.45) is 0 Å². The third-order valence-electron chi connectivity index (χ3n) is 12.5. The molecule has 0 aliphatic rings. The van der Waals surface area contributed by atoms with E-state index in [1.54, 1.807) is 0 Å². The molecule has 11 aromatic rings. The fourth-order valence-corrected chi connectivity index (χ4v) is 9.48. The lowest BCUT2D eigenvalue weighted by Gasteiger charge is -2.20. The second-order valence-corrected chi connectivity index (χ2v) is 18.3. The zero-order valence-electron chi connectivity index (χ0n) is 34.6. The number of fused-ring (bicyclic) bond motifs is 9. The van der Waals surface area contributed by atoms with Crippen LogP contribution in [0.5, 0.6) is 0 Å². The van der Waals surface area contributed by atoms with Crippen molar-refractivity contribution in [1.82, 2.24) is 13.7 Å². The van der Waals surface area contributed by atoms with Crippen LogP contribution in [0.25, 0.3) is 93.6 Å². The molecule has 0 radical (unpaired) electrons. The molecule has 59 heavy (non-hydrogen) atoms. The molecule has 0 spiro atoms. The maximum Gasteiger partial charge on any atom is 0.0544 e. The van der Waals surface area contributed by atoms with Crippen LogP contribution in [0, 0.1) is 0 Å². The molecule has 11 rings (SSSR count). The number of nitrogens with zero attached hydrogens (tertiary/aromatic N) is 3. The molecule has 0 saturated carbocycles. The van der Waals surface area contributed by atoms with Gasteiger partial charge in [0, 0.05) is 49.4 Å². The Morgan fingerprint density at radius 2 is 0.627 bits per heavy atom. The van der Waals surface area contributed by atoms with Crippen LogP contribution in [0.3, 0.4) is 0 Å². The van der Waals surface area contributed by atoms with Gasteiger partial charge in [-0.1, -0.05) is 151 Å². The van der Waals surface area contributed by atoms with Crippen molar-refractivity contribution < 1.29 is 0 Å². The molecular formula is C56H47N3. The van der Waals surface area contributed by atoms with Crippen molar-refractivity contribution in [1.29, 1.82) is 0 Å². The Morgan fingerprint density at radius 1 is 0.271 bits per heavy atom. The van der Waals surface area contributed by atoms with E-state index >= 15 is 0 Å². The molecule has 0 aliphatic heterocycles. The molecule has 3 heteroatoms. The standard InChI is InChI=1S/C56H47N3/c1-55(2,3)38-26-28-47-45-20-9-11-22-49(45)57(53(47)33-38)40-17-15-16-36(30-40)37-31-41(58-50-23-12-7-18-43(50)44-19-8-13-24-51(44)58)35-42(32-37)59-52-25-14-10-21-46(52)48-29-27-39(34-54(48)59)56(4,5)6/h7-35H,1-6H3. The van der Waals surface area contributed by atoms with Crippen LogP contribution >= 0.6 is 0 Å². The van der Waals surface area contributed by atoms with Gasteiger partial charge >= 0.3 is 0 Å². The van der Waals surface area contributed by atoms with Crippen LogP contribution in [-0.4, -0.2) is 13.7 Å². The number of rotatable bonds is 4. The summed E-state index contributed by atoms with van der Waals surface area (Å²) in [7, 11) is 0. The van der Waals surface area contributed by atoms with Gasteiger partial charge in [0.05, 0.1) is 33.1 Å². The van der Waals surface area contributed by atoms with E-state index < -0.39 is 0 Å². The maximum absolute atomic E-state index is 2.49. The first kappa shape index (κ1) is 35.3. The monoisotopic (exact) mass is 761 g/mol. The highest BCUT2D eigenvalue weighted by Crippen LogP contribution is 2.41. The average Bonchev–Trinajstić information content (AvgIpc) is 3.88. The molecule has 0 saturated heterocycles. The van der Waals surface area contributed by atoms with Gasteiger partial charge in [-0.3, -0.25) is 0 Å². The normalized spacial score (nSPS) is 12.6. The summed E-state index contributed by atoms with van der Waals surface area (Å²) in [5.41, 5.74) is 15.7. The second kappa shape index (κ2) is 12.8. The Hall–Kier alpha value is -6.84. The quantitative estimate of drug-likeness (QED) is 0.170. The highest BCUT2D eigenvalue weighted by Gasteiger charge is 2.22. The van der Waals surface area contributed by atoms with Gasteiger partial charge in [-0.05, 0) is 99.8 Å². The molecule has 3 aromatic heterocycles. The lowest BCUT2D eigenvalue weighted by molar-refractivity contribution is 0.590. The largest absolute Gasteiger partial charge is 0.309 e. The fraction of sp³-hybridized carbons (Fsp3) is 0.143. The van der Waals surface area contributed by atoms with E-state index in [1.165, 1.54) is 82.1 Å². The molecule has 0 unspecified atom stereocenters. The van der Waals surface area contributed by atoms with Crippen molar-refractivity contribution in [3.05, 3.63) is 187 Å². The number of hydrogen-bond donors (Lipinski definition) is 0. The van der Waals surface area contributed by atoms with Crippen LogP contribution < -0.4 is 0 Å². The van der Waals surface area contributed by atoms with E-state index in [9.17, 15) is 0 Å². The van der Waals surface area contributed by atoms with Crippen molar-refractivity contribution >= 4 is 65.4 Å². The van der Waals surface area contributed by atoms with Crippen LogP contribution in [0.1, 0.15) is 52.7 Å². The predicted molar refractivity (Wildman–Crippen MR) is 252 cm³/mol. The predicted octanol–water partition coefficient (Wildman–Crippen LogP) is 15.2. The SMILES string of the molecule is CC(C)(C)c1ccc2c3ccccc3n(-c3cccc(-c4cc(-n5c6ccccc6c6ccccc65)cc(-n5c6ccccc6c6ccc(C(C)(C)C)cc65)c4)c3)c2c1. The molecule has 0 N–H and O–H groups in total. The summed E-state index contributed by atoms with van der Waals surface area (Å²) in [6, 6.07) is 65.7. The Morgan fingerprint density at radius 3 is 1.05 bits per heavy atom. The van der Waals surface area contributed by atoms with Gasteiger partial charge in [-0.15, -0.1) is 0 Å². The van der Waals surface area contributed by atoms with Gasteiger partial charge < -0.3 is 13.7 Å². The van der Waals surface area contributed by atoms with Crippen molar-refractivity contribution in [3.63, 3.8) is 0 Å². The fourth-order valence-electron chi connectivity index (χ4n) is 9.48. The van der Waals surface area contributed by atoms with Crippen LogP contribution in [-0.2, 0) is 10.8 Å². The number of hydrogen-bond acceptors (Lipinski definition) is 0. The van der Waals surface area contributed by atoms with Gasteiger partial charge in [-0.2, -0.15) is 0 Å². The van der Waals surface area contributed by atoms with E-state index in [0.717, 1.165) is 22.6 Å². The molecule has 0 aliphatic carbocycles. The minimum Gasteiger partial charge on any atom is -0.309 e. The zero-order valence-corrected chi connectivity index (χ0v) is 34.6. The third kappa shape index (κ3) is 5.56. The molecule has 8 aromatic carbocycles. The Bertz CT molecular complexity index is 3410. The second-order valence-electron chi connectivity index (χ2n) is 18.3. The first-order valence-electron chi connectivity index (χ1n) is 20.9. The minimum atomic E-state index is 0.00630. The molecule has 3 nitrogen and oxygen atoms in total. The van der Waals surface area contributed by atoms with Crippen LogP contribution in [0.15, 0.2) is 176 Å². The number of aromatic nitrogens is 3. The van der Waals surface area contributed by atoms with Crippen molar-refractivity contribution in [2.75, 3.05) is 0 Å². The summed E-state index contributed by atoms with van der Waals surface area (Å²) in [5.74, 6) is 0. The molecule has 286 valence electrons. The first-order chi connectivity index (χ1) is 28.5. The molecule has 0 fully saturated rings. The van der Waals surface area contributed by atoms with E-state index in [4.69, 9.17) is 0 Å². The van der Waals surface area contributed by atoms with Gasteiger partial charge in [-0.25, -0.2) is 0 Å². The molecule has 0 atom stereocenters. The topological polar surface area (TPSA) is 14.8 Å². The highest BCUT2D eigenvalue weighted by atomic mass is 15.0. The summed E-state index contributed by atoms with van der Waals surface area (Å²) in [6.07, 6.45) is 0. The lowest BCUT2D eigenvalue weighted by Crippen LogP contribution is -2.11. The molecule has 0 amide bonds. The van der Waals surface area contributed by atoms with Gasteiger partial charge in [0.2, 0.25) is 0 Å². The minimum absolute atomic E-state index is 0.00630. The molecule has 3 heterocycles.